The Bertz CT molecular complexity index is 2310. The first-order valence-electron chi connectivity index (χ1n) is 20.2. The lowest BCUT2D eigenvalue weighted by Gasteiger charge is -2.43. The van der Waals surface area contributed by atoms with Crippen molar-refractivity contribution < 1.29 is 24.0 Å². The number of nitrogens with zero attached hydrogens (tertiary/aromatic N) is 7. The first-order valence-corrected chi connectivity index (χ1v) is 21.9. The zero-order valence-corrected chi connectivity index (χ0v) is 34.6. The molecular formula is C42H47N9O5S2. The van der Waals surface area contributed by atoms with E-state index in [4.69, 9.17) is 9.97 Å². The van der Waals surface area contributed by atoms with Gasteiger partial charge in [0, 0.05) is 111 Å². The molecule has 1 aromatic carbocycles. The van der Waals surface area contributed by atoms with Gasteiger partial charge in [-0.15, -0.1) is 22.7 Å². The molecule has 0 radical (unpaired) electrons. The number of piperazine rings is 1. The summed E-state index contributed by atoms with van der Waals surface area (Å²) in [6.07, 6.45) is 5.01. The summed E-state index contributed by atoms with van der Waals surface area (Å²) in [5.74, 6) is -1.08. The number of hydrogen-bond donors (Lipinski definition) is 2. The molecular weight excluding hydrogens is 775 g/mol. The van der Waals surface area contributed by atoms with Crippen LogP contribution in [0.25, 0.3) is 21.8 Å². The Balaban J connectivity index is 0.814. The number of carbonyl (C=O) groups is 5. The Labute approximate surface area is 345 Å². The molecule has 4 aromatic rings. The lowest BCUT2D eigenvalue weighted by atomic mass is 10.0. The van der Waals surface area contributed by atoms with Crippen LogP contribution in [0.1, 0.15) is 77.6 Å². The van der Waals surface area contributed by atoms with E-state index >= 15 is 0 Å². The van der Waals surface area contributed by atoms with Crippen LogP contribution in [0.5, 0.6) is 0 Å². The molecule has 1 atom stereocenters. The number of rotatable bonds is 8. The van der Waals surface area contributed by atoms with Crippen LogP contribution in [0.15, 0.2) is 41.9 Å². The Kier molecular flexibility index (Phi) is 10.4. The third-order valence-corrected chi connectivity index (χ3v) is 14.3. The predicted molar refractivity (Wildman–Crippen MR) is 224 cm³/mol. The summed E-state index contributed by atoms with van der Waals surface area (Å²) in [7, 11) is 0. The van der Waals surface area contributed by atoms with E-state index in [2.05, 4.69) is 55.5 Å². The molecule has 58 heavy (non-hydrogen) atoms. The first kappa shape index (κ1) is 38.5. The largest absolute Gasteiger partial charge is 0.371 e. The number of thiophene rings is 1. The van der Waals surface area contributed by atoms with Gasteiger partial charge in [0.1, 0.15) is 21.9 Å². The minimum Gasteiger partial charge on any atom is -0.371 e. The Hall–Kier alpha value is -5.03. The SMILES string of the molecule is CC(=O)Nc1sc2c(c1-c1nc(-c3ccnc(N4CCN(C5CCN(c6ccc7c(c6)C(=O)N(C6CCC(=O)NC6=O)C7=O)CC5)CC4)c3)cs1)CCN(C(C)C)C2. The van der Waals surface area contributed by atoms with Crippen molar-refractivity contribution in [2.45, 2.75) is 77.5 Å². The van der Waals surface area contributed by atoms with Gasteiger partial charge in [0.05, 0.1) is 16.8 Å². The average Bonchev–Trinajstić information content (AvgIpc) is 3.91. The molecule has 3 aromatic heterocycles. The maximum atomic E-state index is 13.4. The molecule has 14 nitrogen and oxygen atoms in total. The van der Waals surface area contributed by atoms with Gasteiger partial charge in [-0.05, 0) is 75.4 Å². The van der Waals surface area contributed by atoms with Gasteiger partial charge in [-0.25, -0.2) is 9.97 Å². The van der Waals surface area contributed by atoms with E-state index in [1.165, 1.54) is 10.4 Å². The second-order valence-corrected chi connectivity index (χ2v) is 18.0. The lowest BCUT2D eigenvalue weighted by Crippen LogP contribution is -2.54. The second kappa shape index (κ2) is 15.6. The third-order valence-electron chi connectivity index (χ3n) is 12.3. The number of hydrogen-bond acceptors (Lipinski definition) is 13. The van der Waals surface area contributed by atoms with Crippen LogP contribution in [0.2, 0.25) is 0 Å². The fourth-order valence-electron chi connectivity index (χ4n) is 9.07. The van der Waals surface area contributed by atoms with Crippen LogP contribution >= 0.6 is 22.7 Å². The lowest BCUT2D eigenvalue weighted by molar-refractivity contribution is -0.136. The number of thiazole rings is 1. The monoisotopic (exact) mass is 821 g/mol. The molecule has 5 aliphatic rings. The molecule has 9 rings (SSSR count). The topological polar surface area (TPSA) is 151 Å². The van der Waals surface area contributed by atoms with Gasteiger partial charge in [-0.2, -0.15) is 0 Å². The highest BCUT2D eigenvalue weighted by Gasteiger charge is 2.45. The van der Waals surface area contributed by atoms with E-state index in [0.717, 1.165) is 115 Å². The molecule has 0 aliphatic carbocycles. The zero-order valence-electron chi connectivity index (χ0n) is 33.0. The van der Waals surface area contributed by atoms with E-state index < -0.39 is 23.8 Å². The number of nitrogens with one attached hydrogen (secondary N) is 2. The normalized spacial score (nSPS) is 20.8. The molecule has 302 valence electrons. The smallest absolute Gasteiger partial charge is 0.262 e. The molecule has 1 unspecified atom stereocenters. The van der Waals surface area contributed by atoms with Crippen LogP contribution in [0.3, 0.4) is 0 Å². The van der Waals surface area contributed by atoms with E-state index in [0.29, 0.717) is 23.2 Å². The molecule has 2 N–H and O–H groups in total. The van der Waals surface area contributed by atoms with Crippen LogP contribution in [0.4, 0.5) is 16.5 Å². The average molecular weight is 822 g/mol. The van der Waals surface area contributed by atoms with Gasteiger partial charge in [-0.3, -0.25) is 44.0 Å². The summed E-state index contributed by atoms with van der Waals surface area (Å²) in [6.45, 7) is 13.2. The molecule has 3 fully saturated rings. The highest BCUT2D eigenvalue weighted by molar-refractivity contribution is 7.18. The fraction of sp³-hybridized carbons (Fsp3) is 0.452. The number of fused-ring (bicyclic) bond motifs is 2. The summed E-state index contributed by atoms with van der Waals surface area (Å²) in [4.78, 5) is 84.8. The Morgan fingerprint density at radius 1 is 0.897 bits per heavy atom. The fourth-order valence-corrected chi connectivity index (χ4v) is 11.4. The van der Waals surface area contributed by atoms with Gasteiger partial charge in [0.25, 0.3) is 11.8 Å². The molecule has 3 saturated heterocycles. The van der Waals surface area contributed by atoms with Gasteiger partial charge in [-0.1, -0.05) is 0 Å². The maximum Gasteiger partial charge on any atom is 0.262 e. The first-order chi connectivity index (χ1) is 28.0. The van der Waals surface area contributed by atoms with Gasteiger partial charge in [0.2, 0.25) is 17.7 Å². The van der Waals surface area contributed by atoms with Crippen molar-refractivity contribution in [2.24, 2.45) is 0 Å². The minimum absolute atomic E-state index is 0.0715. The van der Waals surface area contributed by atoms with E-state index in [-0.39, 0.29) is 24.7 Å². The summed E-state index contributed by atoms with van der Waals surface area (Å²) >= 11 is 3.30. The van der Waals surface area contributed by atoms with Crippen molar-refractivity contribution in [1.29, 1.82) is 0 Å². The van der Waals surface area contributed by atoms with Crippen LogP contribution < -0.4 is 20.4 Å². The number of imide groups is 2. The van der Waals surface area contributed by atoms with Crippen LogP contribution in [-0.2, 0) is 27.3 Å². The summed E-state index contributed by atoms with van der Waals surface area (Å²) in [5.41, 5.74) is 5.83. The quantitative estimate of drug-likeness (QED) is 0.235. The highest BCUT2D eigenvalue weighted by Crippen LogP contribution is 2.45. The maximum absolute atomic E-state index is 13.4. The zero-order chi connectivity index (χ0) is 40.2. The van der Waals surface area contributed by atoms with Crippen LogP contribution in [-0.4, -0.2) is 118 Å². The number of anilines is 3. The number of pyridine rings is 1. The minimum atomic E-state index is -0.971. The van der Waals surface area contributed by atoms with Crippen molar-refractivity contribution in [3.63, 3.8) is 0 Å². The highest BCUT2D eigenvalue weighted by atomic mass is 32.1. The van der Waals surface area contributed by atoms with Gasteiger partial charge >= 0.3 is 0 Å². The number of aromatic nitrogens is 2. The van der Waals surface area contributed by atoms with E-state index in [1.807, 2.05) is 18.3 Å². The van der Waals surface area contributed by atoms with Crippen molar-refractivity contribution in [1.82, 2.24) is 30.0 Å². The summed E-state index contributed by atoms with van der Waals surface area (Å²) in [5, 5.41) is 9.29. The molecule has 5 aliphatic heterocycles. The van der Waals surface area contributed by atoms with E-state index in [1.54, 1.807) is 41.7 Å². The Morgan fingerprint density at radius 3 is 2.41 bits per heavy atom. The number of amides is 5. The molecule has 8 heterocycles. The van der Waals surface area contributed by atoms with Crippen LogP contribution in [0, 0.1) is 0 Å². The molecule has 0 spiro atoms. The van der Waals surface area contributed by atoms with Gasteiger partial charge in [0.15, 0.2) is 0 Å². The number of piperidine rings is 2. The van der Waals surface area contributed by atoms with E-state index in [9.17, 15) is 24.0 Å². The van der Waals surface area contributed by atoms with Crippen molar-refractivity contribution in [3.8, 4) is 21.8 Å². The summed E-state index contributed by atoms with van der Waals surface area (Å²) < 4.78 is 0. The molecule has 5 amide bonds. The number of carbonyl (C=O) groups excluding carboxylic acids is 5. The third kappa shape index (κ3) is 7.20. The van der Waals surface area contributed by atoms with Gasteiger partial charge < -0.3 is 15.1 Å². The van der Waals surface area contributed by atoms with Crippen molar-refractivity contribution in [3.05, 3.63) is 63.5 Å². The Morgan fingerprint density at radius 2 is 1.67 bits per heavy atom. The number of benzene rings is 1. The van der Waals surface area contributed by atoms with Crippen molar-refractivity contribution in [2.75, 3.05) is 60.9 Å². The summed E-state index contributed by atoms with van der Waals surface area (Å²) in [6, 6.07) is 9.48. The molecule has 0 saturated carbocycles. The predicted octanol–water partition coefficient (Wildman–Crippen LogP) is 4.85. The second-order valence-electron chi connectivity index (χ2n) is 16.1. The standard InChI is InChI=1S/C42H47N9O5S2/c1-24(2)50-15-11-30-34(22-50)58-40(44-25(3)52)37(30)39-45-32(23-57-39)26-8-12-43-35(20-26)49-18-16-48(17-19-49)27-9-13-47(14-10-27)28-4-5-29-31(21-28)42(56)51(41(29)55)33-6-7-36(53)46-38(33)54/h4-5,8,12,20-21,23-24,27,33H,6-7,9-11,13-19,22H2,1-3H3,(H,44,52)(H,46,53,54). The van der Waals surface area contributed by atoms with Crippen molar-refractivity contribution >= 4 is 68.7 Å². The molecule has 0 bridgehead atoms. The molecule has 16 heteroatoms.